The number of pyridine rings is 2. The Morgan fingerprint density at radius 3 is 1.50 bits per heavy atom. The molecular weight excluding hydrogens is 1950 g/mol. The summed E-state index contributed by atoms with van der Waals surface area (Å²) in [7, 11) is -1.65. The van der Waals surface area contributed by atoms with Crippen LogP contribution in [0, 0.1) is 69.0 Å². The minimum Gasteiger partial charge on any atom is -0.491 e. The van der Waals surface area contributed by atoms with E-state index in [0.717, 1.165) is 81.9 Å². The van der Waals surface area contributed by atoms with Gasteiger partial charge in [-0.25, -0.2) is 15.0 Å². The number of morpholine rings is 2. The molecule has 4 saturated heterocycles. The molecule has 10 fully saturated rings. The van der Waals surface area contributed by atoms with Crippen molar-refractivity contribution < 1.29 is 93.6 Å². The van der Waals surface area contributed by atoms with Crippen LogP contribution < -0.4 is 30.3 Å². The lowest BCUT2D eigenvalue weighted by Crippen LogP contribution is -2.48. The molecule has 0 spiro atoms. The van der Waals surface area contributed by atoms with Crippen molar-refractivity contribution in [2.24, 2.45) is 69.0 Å². The summed E-state index contributed by atoms with van der Waals surface area (Å²) in [6, 6.07) is 15.0. The van der Waals surface area contributed by atoms with Crippen molar-refractivity contribution in [3.8, 4) is 40.0 Å². The van der Waals surface area contributed by atoms with E-state index >= 15 is 0 Å². The molecule has 6 aliphatic carbocycles. The number of hydrogen-bond acceptors (Lipinski definition) is 30. The minimum absolute atomic E-state index is 0.0605. The van der Waals surface area contributed by atoms with E-state index in [2.05, 4.69) is 73.3 Å². The Hall–Kier alpha value is -9.01. The lowest BCUT2D eigenvalue weighted by molar-refractivity contribution is -0.157. The van der Waals surface area contributed by atoms with Crippen molar-refractivity contribution in [2.45, 2.75) is 213 Å². The molecule has 3 aromatic carbocycles. The summed E-state index contributed by atoms with van der Waals surface area (Å²) in [5, 5.41) is 13.9. The molecule has 16 atom stereocenters. The number of likely N-dealkylation sites (tertiary alicyclic amines) is 2. The van der Waals surface area contributed by atoms with E-state index in [1.54, 1.807) is 47.4 Å². The lowest BCUT2D eigenvalue weighted by Gasteiger charge is -2.35. The van der Waals surface area contributed by atoms with Crippen molar-refractivity contribution >= 4 is 151 Å². The van der Waals surface area contributed by atoms with Gasteiger partial charge in [0, 0.05) is 122 Å². The molecule has 31 nitrogen and oxygen atoms in total. The van der Waals surface area contributed by atoms with Gasteiger partial charge in [0.05, 0.1) is 134 Å². The largest absolute Gasteiger partial charge is 0.491 e. The average molecular weight is 2080 g/mol. The van der Waals surface area contributed by atoms with Crippen molar-refractivity contribution in [3.63, 3.8) is 0 Å². The van der Waals surface area contributed by atoms with Crippen molar-refractivity contribution in [1.29, 1.82) is 0 Å². The molecule has 37 heteroatoms. The molecule has 6 saturated carbocycles. The number of Topliss-reactive ketones (excluding diaryl/α,β-unsaturated/α-hetero) is 2. The SMILES string of the molecule is C=C[C@@H]1CC1(CC(=O)[C@@H]1C[C@@H](OS(=O)(=O)c2ccc(Br)cc2)CN1C(=O)[C@@H](CC(=O)OC1C[C@@H]2C[C@@H]2C1)C(C)(C)C)C(=O)OC.C=C[C@@H]1CC1(CC(=O)[C@@H]1C[C@@H](Oc2cc(-c3csc(NC(C)C)n3)nc3c(Cl)c(OCCN4CCOCC4)ccc23)CN1C(=O)[C@@H](CC(=O)OC1C[C@@H]2C[C@@H]2C1)C(C)(C)C)C(=O)OC.CC(C)Nc1nc(-c2cc(=O)c3ccc(OCCN4CCOCC4)c(Cl)c3[nH]2)cs1. The van der Waals surface area contributed by atoms with E-state index in [1.165, 1.54) is 66.8 Å². The van der Waals surface area contributed by atoms with Crippen LogP contribution in [-0.4, -0.2) is 250 Å². The molecule has 8 heterocycles. The third-order valence-electron chi connectivity index (χ3n) is 28.6. The van der Waals surface area contributed by atoms with Crippen LogP contribution in [0.4, 0.5) is 10.3 Å². The first-order valence-corrected chi connectivity index (χ1v) is 53.0. The third kappa shape index (κ3) is 25.1. The molecule has 17 rings (SSSR count). The normalized spacial score (nSPS) is 25.7. The number of H-pyrrole nitrogens is 1. The number of benzene rings is 3. The Morgan fingerprint density at radius 2 is 1.04 bits per heavy atom. The van der Waals surface area contributed by atoms with Crippen LogP contribution >= 0.6 is 61.8 Å². The number of methoxy groups -OCH3 is 2. The number of ketones is 2. The maximum Gasteiger partial charge on any atom is 0.312 e. The molecule has 7 aromatic rings. The van der Waals surface area contributed by atoms with Gasteiger partial charge >= 0.3 is 23.9 Å². The van der Waals surface area contributed by atoms with Gasteiger partial charge in [-0.3, -0.25) is 57.1 Å². The quantitative estimate of drug-likeness (QED) is 0.0141. The Labute approximate surface area is 838 Å². The van der Waals surface area contributed by atoms with Gasteiger partial charge in [-0.15, -0.1) is 35.8 Å². The summed E-state index contributed by atoms with van der Waals surface area (Å²) >= 11 is 20.0. The van der Waals surface area contributed by atoms with Crippen molar-refractivity contribution in [3.05, 3.63) is 121 Å². The monoisotopic (exact) mass is 2070 g/mol. The Kier molecular flexibility index (Phi) is 33.1. The van der Waals surface area contributed by atoms with Gasteiger partial charge in [0.2, 0.25) is 11.8 Å². The molecule has 752 valence electrons. The molecule has 139 heavy (non-hydrogen) atoms. The third-order valence-corrected chi connectivity index (χ3v) is 32.8. The summed E-state index contributed by atoms with van der Waals surface area (Å²) in [6.45, 7) is 35.9. The number of thiazole rings is 2. The number of carbonyl (C=O) groups is 8. The first-order valence-electron chi connectivity index (χ1n) is 48.3. The van der Waals surface area contributed by atoms with Gasteiger partial charge in [0.15, 0.2) is 27.3 Å². The van der Waals surface area contributed by atoms with Crippen LogP contribution in [0.25, 0.3) is 44.6 Å². The van der Waals surface area contributed by atoms with E-state index in [0.29, 0.717) is 146 Å². The zero-order valence-electron chi connectivity index (χ0n) is 81.1. The van der Waals surface area contributed by atoms with Crippen LogP contribution in [-0.2, 0) is 81.1 Å². The standard InChI is InChI=1S/C48H62ClN5O9S.C33H42BrNO9S.C21H25ClN4O3S/c1-8-30-23-48(30,45(58)59-7)24-38(55)37-20-32(25-54(37)44(57)34(47(4,5)6)21-41(56)63-31-18-28-17-29(28)19-31)62-40-22-35(36-26-64-46(52-36)50-27(2)3)51-43-33(40)9-10-39(42(43)49)61-16-13-53-11-14-60-15-12-53;1-6-21-16-33(21,31(39)42-5)17-28(36)27-14-24(44-45(40,41)25-9-7-22(34)8-10-25)18-35(27)30(38)26(32(2,3)4)15-29(37)43-23-12-19-11-20(19)13-23;1-13(2)23-21-25-16(12-30-21)15-11-17(27)14-3-4-18(19(22)20(14)24-15)29-10-7-26-5-8-28-9-6-26/h8-10,22,26-32,34,37H,1,11-21,23-25H2,2-7H3,(H,50,52);6-10,19-21,23-24,26-27H,1,11-18H2,2-5H3;3-4,11-13H,5-10H2,1-2H3,(H,23,25)(H,24,27)/t28-,29+,30-,31?,32-,34-,37+,48?;19-,20+,21-,23?,24-,26-,27+,33?;/m11./s1. The summed E-state index contributed by atoms with van der Waals surface area (Å²) < 4.78 is 84.4. The highest BCUT2D eigenvalue weighted by atomic mass is 79.9. The van der Waals surface area contributed by atoms with E-state index in [4.69, 9.17) is 80.0 Å². The smallest absolute Gasteiger partial charge is 0.312 e. The number of nitrogens with zero attached hydrogens (tertiary/aromatic N) is 7. The molecule has 4 aliphatic heterocycles. The number of aromatic amines is 1. The lowest BCUT2D eigenvalue weighted by atomic mass is 9.77. The van der Waals surface area contributed by atoms with Crippen LogP contribution in [0.15, 0.2) is 111 Å². The summed E-state index contributed by atoms with van der Waals surface area (Å²) in [4.78, 5) is 148. The van der Waals surface area contributed by atoms with Gasteiger partial charge in [0.25, 0.3) is 10.1 Å². The molecule has 0 bridgehead atoms. The minimum atomic E-state index is -4.23. The highest BCUT2D eigenvalue weighted by molar-refractivity contribution is 9.10. The fourth-order valence-corrected chi connectivity index (χ4v) is 23.9. The number of esters is 4. The van der Waals surface area contributed by atoms with Crippen LogP contribution in [0.5, 0.6) is 17.2 Å². The second-order valence-corrected chi connectivity index (χ2v) is 46.3. The first-order chi connectivity index (χ1) is 66.1. The summed E-state index contributed by atoms with van der Waals surface area (Å²) in [6.07, 6.45) is 7.53. The molecule has 4 unspecified atom stereocenters. The van der Waals surface area contributed by atoms with E-state index in [9.17, 15) is 51.6 Å². The van der Waals surface area contributed by atoms with Gasteiger partial charge < -0.3 is 68.0 Å². The number of carbonyl (C=O) groups excluding carboxylic acids is 8. The number of allylic oxidation sites excluding steroid dienone is 2. The highest BCUT2D eigenvalue weighted by Crippen LogP contribution is 2.60. The number of anilines is 2. The van der Waals surface area contributed by atoms with Crippen molar-refractivity contribution in [1.82, 2.24) is 39.5 Å². The molecule has 4 aromatic heterocycles. The highest BCUT2D eigenvalue weighted by Gasteiger charge is 2.64. The van der Waals surface area contributed by atoms with Gasteiger partial charge in [-0.1, -0.05) is 92.8 Å². The zero-order chi connectivity index (χ0) is 99.5. The topological polar surface area (TPSA) is 372 Å². The summed E-state index contributed by atoms with van der Waals surface area (Å²) in [5.74, 6) is -1.39. The fraction of sp³-hybridized carbons (Fsp3) is 0.588. The number of rotatable bonds is 37. The summed E-state index contributed by atoms with van der Waals surface area (Å²) in [5.41, 5.74) is -0.0383. The van der Waals surface area contributed by atoms with Gasteiger partial charge in [-0.05, 0) is 174 Å². The first kappa shape index (κ1) is 104. The second kappa shape index (κ2) is 44.1. The average Bonchev–Trinajstić information content (AvgIpc) is 1.58. The number of halogens is 3. The Bertz CT molecular complexity index is 5870. The molecule has 3 N–H and O–H groups in total. The number of ether oxygens (including phenoxy) is 9. The van der Waals surface area contributed by atoms with E-state index in [-0.39, 0.29) is 110 Å². The second-order valence-electron chi connectivity index (χ2n) is 41.4. The van der Waals surface area contributed by atoms with Crippen molar-refractivity contribution in [2.75, 3.05) is 117 Å². The van der Waals surface area contributed by atoms with Gasteiger partial charge in [-0.2, -0.15) is 8.42 Å². The molecule has 10 aliphatic rings. The number of nitrogens with one attached hydrogen (secondary N) is 3. The molecule has 0 radical (unpaired) electrons. The number of aromatic nitrogens is 4. The van der Waals surface area contributed by atoms with Gasteiger partial charge in [0.1, 0.15) is 64.5 Å². The number of fused-ring (bicyclic) bond motifs is 4. The number of amides is 2. The van der Waals surface area contributed by atoms with E-state index in [1.807, 2.05) is 84.3 Å². The zero-order valence-corrected chi connectivity index (χ0v) is 86.6. The number of hydrogen-bond donors (Lipinski definition) is 3. The predicted molar refractivity (Wildman–Crippen MR) is 534 cm³/mol. The van der Waals surface area contributed by atoms with Crippen LogP contribution in [0.2, 0.25) is 10.0 Å². The Morgan fingerprint density at radius 1 is 0.583 bits per heavy atom. The molecule has 2 amide bonds. The fourth-order valence-electron chi connectivity index (χ4n) is 20.4. The van der Waals surface area contributed by atoms with E-state index < -0.39 is 103 Å². The maximum atomic E-state index is 15.0. The Balaban J connectivity index is 0.000000169. The molecular formula is C102H129BrCl2N10O21S3. The van der Waals surface area contributed by atoms with Crippen LogP contribution in [0.1, 0.15) is 159 Å². The predicted octanol–water partition coefficient (Wildman–Crippen LogP) is 16.3. The maximum absolute atomic E-state index is 15.0. The van der Waals surface area contributed by atoms with Crippen LogP contribution in [0.3, 0.4) is 0 Å².